The first-order valence-corrected chi connectivity index (χ1v) is 8.00. The molecule has 0 radical (unpaired) electrons. The van der Waals surface area contributed by atoms with E-state index in [1.165, 1.54) is 22.3 Å². The third-order valence-electron chi connectivity index (χ3n) is 4.50. The Bertz CT molecular complexity index is 704. The molecule has 0 aliphatic heterocycles. The molecule has 1 heterocycles. The normalized spacial score (nSPS) is 15.2. The van der Waals surface area contributed by atoms with Crippen molar-refractivity contribution in [1.82, 2.24) is 19.9 Å². The summed E-state index contributed by atoms with van der Waals surface area (Å²) in [7, 11) is 5.95. The molecule has 23 heavy (non-hydrogen) atoms. The summed E-state index contributed by atoms with van der Waals surface area (Å²) in [6.07, 6.45) is 5.73. The zero-order valence-corrected chi connectivity index (χ0v) is 14.3. The summed E-state index contributed by atoms with van der Waals surface area (Å²) in [6, 6.07) is 6.57. The number of methoxy groups -OCH3 is 1. The largest absolute Gasteiger partial charge is 0.497 e. The van der Waals surface area contributed by atoms with Crippen LogP contribution in [0.5, 0.6) is 5.75 Å². The second-order valence-electron chi connectivity index (χ2n) is 6.33. The van der Waals surface area contributed by atoms with Crippen LogP contribution in [0.2, 0.25) is 0 Å². The van der Waals surface area contributed by atoms with E-state index in [1.54, 1.807) is 13.3 Å². The summed E-state index contributed by atoms with van der Waals surface area (Å²) < 4.78 is 7.32. The number of nitrogens with zero attached hydrogens (tertiary/aromatic N) is 4. The predicted octanol–water partition coefficient (Wildman–Crippen LogP) is 2.81. The molecule has 0 saturated heterocycles. The van der Waals surface area contributed by atoms with Crippen LogP contribution in [0.25, 0.3) is 5.57 Å². The van der Waals surface area contributed by atoms with Crippen LogP contribution < -0.4 is 4.74 Å². The summed E-state index contributed by atoms with van der Waals surface area (Å²) in [5.41, 5.74) is 5.54. The van der Waals surface area contributed by atoms with Crippen molar-refractivity contribution in [2.75, 3.05) is 27.7 Å². The first kappa shape index (κ1) is 15.7. The minimum Gasteiger partial charge on any atom is -0.497 e. The maximum atomic E-state index is 5.39. The number of ether oxygens (including phenoxy) is 1. The van der Waals surface area contributed by atoms with Gasteiger partial charge in [-0.1, -0.05) is 16.9 Å². The SMILES string of the molecule is COc1ccc2c(c1)CC(CCN(C)C)=C2C(C)n1ccnn1. The van der Waals surface area contributed by atoms with Gasteiger partial charge in [-0.05, 0) is 62.7 Å². The highest BCUT2D eigenvalue weighted by atomic mass is 16.5. The summed E-state index contributed by atoms with van der Waals surface area (Å²) in [6.45, 7) is 3.24. The molecular weight excluding hydrogens is 288 g/mol. The van der Waals surface area contributed by atoms with E-state index < -0.39 is 0 Å². The van der Waals surface area contributed by atoms with E-state index in [9.17, 15) is 0 Å². The highest BCUT2D eigenvalue weighted by Gasteiger charge is 2.27. The minimum absolute atomic E-state index is 0.185. The molecule has 1 aliphatic rings. The smallest absolute Gasteiger partial charge is 0.119 e. The Kier molecular flexibility index (Phi) is 4.48. The van der Waals surface area contributed by atoms with Crippen molar-refractivity contribution in [3.05, 3.63) is 47.3 Å². The monoisotopic (exact) mass is 312 g/mol. The van der Waals surface area contributed by atoms with Gasteiger partial charge in [0.15, 0.2) is 0 Å². The van der Waals surface area contributed by atoms with Gasteiger partial charge in [0.2, 0.25) is 0 Å². The highest BCUT2D eigenvalue weighted by molar-refractivity contribution is 5.79. The molecule has 1 aliphatic carbocycles. The molecule has 1 atom stereocenters. The van der Waals surface area contributed by atoms with Crippen molar-refractivity contribution in [3.8, 4) is 5.75 Å². The molecule has 0 saturated carbocycles. The minimum atomic E-state index is 0.185. The topological polar surface area (TPSA) is 43.2 Å². The van der Waals surface area contributed by atoms with Gasteiger partial charge in [-0.3, -0.25) is 0 Å². The predicted molar refractivity (Wildman–Crippen MR) is 91.5 cm³/mol. The van der Waals surface area contributed by atoms with E-state index in [4.69, 9.17) is 4.74 Å². The fourth-order valence-electron chi connectivity index (χ4n) is 3.28. The molecule has 2 aromatic rings. The summed E-state index contributed by atoms with van der Waals surface area (Å²) >= 11 is 0. The highest BCUT2D eigenvalue weighted by Crippen LogP contribution is 2.41. The third kappa shape index (κ3) is 3.15. The van der Waals surface area contributed by atoms with Crippen molar-refractivity contribution in [3.63, 3.8) is 0 Å². The number of hydrogen-bond acceptors (Lipinski definition) is 4. The molecule has 1 unspecified atom stereocenters. The van der Waals surface area contributed by atoms with Crippen LogP contribution in [0, 0.1) is 0 Å². The van der Waals surface area contributed by atoms with Gasteiger partial charge < -0.3 is 9.64 Å². The van der Waals surface area contributed by atoms with Gasteiger partial charge in [-0.15, -0.1) is 5.10 Å². The van der Waals surface area contributed by atoms with Gasteiger partial charge >= 0.3 is 0 Å². The Balaban J connectivity index is 1.99. The quantitative estimate of drug-likeness (QED) is 0.822. The lowest BCUT2D eigenvalue weighted by atomic mass is 9.98. The first-order chi connectivity index (χ1) is 11.1. The molecule has 0 fully saturated rings. The van der Waals surface area contributed by atoms with Gasteiger partial charge in [0.05, 0.1) is 19.3 Å². The van der Waals surface area contributed by atoms with E-state index in [0.717, 1.165) is 25.1 Å². The van der Waals surface area contributed by atoms with Crippen LogP contribution in [0.4, 0.5) is 0 Å². The lowest BCUT2D eigenvalue weighted by molar-refractivity contribution is 0.411. The van der Waals surface area contributed by atoms with Gasteiger partial charge in [0.1, 0.15) is 5.75 Å². The number of fused-ring (bicyclic) bond motifs is 1. The van der Waals surface area contributed by atoms with Gasteiger partial charge in [0.25, 0.3) is 0 Å². The molecule has 0 spiro atoms. The van der Waals surface area contributed by atoms with Crippen LogP contribution in [-0.4, -0.2) is 47.6 Å². The van der Waals surface area contributed by atoms with Crippen molar-refractivity contribution in [1.29, 1.82) is 0 Å². The summed E-state index contributed by atoms with van der Waals surface area (Å²) in [4.78, 5) is 2.23. The molecule has 1 aromatic carbocycles. The average Bonchev–Trinajstić information content (AvgIpc) is 3.18. The van der Waals surface area contributed by atoms with Crippen LogP contribution in [0.15, 0.2) is 36.2 Å². The molecule has 122 valence electrons. The molecule has 5 nitrogen and oxygen atoms in total. The Morgan fingerprint density at radius 3 is 2.83 bits per heavy atom. The lowest BCUT2D eigenvalue weighted by Crippen LogP contribution is -2.15. The van der Waals surface area contributed by atoms with E-state index >= 15 is 0 Å². The van der Waals surface area contributed by atoms with E-state index in [-0.39, 0.29) is 6.04 Å². The standard InChI is InChI=1S/C18H24N4O/c1-13(22-10-8-19-20-22)18-14(7-9-21(2)3)11-15-12-16(23-4)5-6-17(15)18/h5-6,8,10,12-13H,7,9,11H2,1-4H3. The van der Waals surface area contributed by atoms with Crippen LogP contribution in [0.1, 0.15) is 30.5 Å². The lowest BCUT2D eigenvalue weighted by Gasteiger charge is -2.18. The molecule has 0 bridgehead atoms. The van der Waals surface area contributed by atoms with Gasteiger partial charge in [0, 0.05) is 12.7 Å². The Labute approximate surface area is 137 Å². The fourth-order valence-corrected chi connectivity index (χ4v) is 3.28. The molecule has 0 amide bonds. The third-order valence-corrected chi connectivity index (χ3v) is 4.50. The second-order valence-corrected chi connectivity index (χ2v) is 6.33. The fraction of sp³-hybridized carbons (Fsp3) is 0.444. The molecule has 3 rings (SSSR count). The van der Waals surface area contributed by atoms with Gasteiger partial charge in [-0.2, -0.15) is 0 Å². The van der Waals surface area contributed by atoms with Crippen LogP contribution in [-0.2, 0) is 6.42 Å². The molecule has 5 heteroatoms. The Morgan fingerprint density at radius 2 is 2.17 bits per heavy atom. The maximum absolute atomic E-state index is 5.39. The zero-order valence-electron chi connectivity index (χ0n) is 14.3. The Hall–Kier alpha value is -2.14. The van der Waals surface area contributed by atoms with Crippen LogP contribution >= 0.6 is 0 Å². The van der Waals surface area contributed by atoms with E-state index in [2.05, 4.69) is 48.4 Å². The van der Waals surface area contributed by atoms with E-state index in [1.807, 2.05) is 16.9 Å². The van der Waals surface area contributed by atoms with Gasteiger partial charge in [-0.25, -0.2) is 4.68 Å². The zero-order chi connectivity index (χ0) is 16.4. The second kappa shape index (κ2) is 6.54. The molecule has 0 N–H and O–H groups in total. The van der Waals surface area contributed by atoms with Crippen molar-refractivity contribution in [2.45, 2.75) is 25.8 Å². The van der Waals surface area contributed by atoms with Crippen molar-refractivity contribution >= 4 is 5.57 Å². The van der Waals surface area contributed by atoms with E-state index in [0.29, 0.717) is 0 Å². The van der Waals surface area contributed by atoms with Crippen molar-refractivity contribution in [2.24, 2.45) is 0 Å². The summed E-state index contributed by atoms with van der Waals surface area (Å²) in [5.74, 6) is 0.922. The Morgan fingerprint density at radius 1 is 1.35 bits per heavy atom. The molecular formula is C18H24N4O. The molecule has 1 aromatic heterocycles. The number of aromatic nitrogens is 3. The number of benzene rings is 1. The number of allylic oxidation sites excluding steroid dienone is 1. The maximum Gasteiger partial charge on any atom is 0.119 e. The number of hydrogen-bond donors (Lipinski definition) is 0. The average molecular weight is 312 g/mol. The summed E-state index contributed by atoms with van der Waals surface area (Å²) in [5, 5.41) is 8.15. The first-order valence-electron chi connectivity index (χ1n) is 8.00. The van der Waals surface area contributed by atoms with Crippen LogP contribution in [0.3, 0.4) is 0 Å². The number of rotatable bonds is 6. The van der Waals surface area contributed by atoms with Crippen molar-refractivity contribution < 1.29 is 4.74 Å².